The largest absolute Gasteiger partial charge is 0.508 e. The number of amides is 1. The molecule has 3 atom stereocenters. The van der Waals surface area contributed by atoms with Crippen LogP contribution >= 0.6 is 0 Å². The molecule has 2 aliphatic carbocycles. The average Bonchev–Trinajstić information content (AvgIpc) is 2.49. The van der Waals surface area contributed by atoms with Gasteiger partial charge in [0.2, 0.25) is 0 Å². The van der Waals surface area contributed by atoms with E-state index >= 15 is 0 Å². The molecule has 0 spiro atoms. The summed E-state index contributed by atoms with van der Waals surface area (Å²) in [7, 11) is 0. The van der Waals surface area contributed by atoms with Crippen LogP contribution in [0, 0.1) is 11.7 Å². The Balaban J connectivity index is 2.01. The van der Waals surface area contributed by atoms with Crippen molar-refractivity contribution in [1.82, 2.24) is 5.32 Å². The van der Waals surface area contributed by atoms with E-state index in [1.165, 1.54) is 6.07 Å². The number of halogens is 1. The smallest absolute Gasteiger partial charge is 0.407 e. The minimum absolute atomic E-state index is 0.0565. The van der Waals surface area contributed by atoms with Gasteiger partial charge < -0.3 is 15.2 Å². The Hall–Kier alpha value is -1.78. The lowest BCUT2D eigenvalue weighted by atomic mass is 9.59. The lowest BCUT2D eigenvalue weighted by molar-refractivity contribution is 0.0416. The minimum atomic E-state index is -0.565. The van der Waals surface area contributed by atoms with Crippen LogP contribution in [0.25, 0.3) is 0 Å². The summed E-state index contributed by atoms with van der Waals surface area (Å²) in [5.74, 6) is -0.231. The maximum Gasteiger partial charge on any atom is 0.407 e. The van der Waals surface area contributed by atoms with Crippen LogP contribution in [0.2, 0.25) is 0 Å². The van der Waals surface area contributed by atoms with E-state index in [0.717, 1.165) is 37.7 Å². The molecule has 1 aromatic carbocycles. The number of hydrogen-bond donors (Lipinski definition) is 2. The highest BCUT2D eigenvalue weighted by Crippen LogP contribution is 2.48. The Morgan fingerprint density at radius 3 is 2.73 bits per heavy atom. The van der Waals surface area contributed by atoms with Gasteiger partial charge in [0.1, 0.15) is 17.2 Å². The van der Waals surface area contributed by atoms with Gasteiger partial charge in [0, 0.05) is 17.5 Å². The van der Waals surface area contributed by atoms with Crippen molar-refractivity contribution in [3.63, 3.8) is 0 Å². The molecular weight excluding hydrogens is 333 g/mol. The molecule has 1 saturated carbocycles. The number of phenols is 1. The van der Waals surface area contributed by atoms with Gasteiger partial charge in [0.15, 0.2) is 0 Å². The molecule has 3 rings (SSSR count). The fraction of sp³-hybridized carbons (Fsp3) is 0.667. The van der Waals surface area contributed by atoms with Crippen molar-refractivity contribution in [3.05, 3.63) is 29.1 Å². The Morgan fingerprint density at radius 1 is 1.31 bits per heavy atom. The maximum absolute atomic E-state index is 14.6. The molecule has 1 unspecified atom stereocenters. The number of carbonyl (C=O) groups excluding carboxylic acids is 1. The highest BCUT2D eigenvalue weighted by atomic mass is 19.1. The van der Waals surface area contributed by atoms with Gasteiger partial charge in [-0.1, -0.05) is 26.2 Å². The molecule has 4 nitrogen and oxygen atoms in total. The molecule has 0 aromatic heterocycles. The number of carbonyl (C=O) groups is 1. The summed E-state index contributed by atoms with van der Waals surface area (Å²) in [6.07, 6.45) is 5.20. The van der Waals surface area contributed by atoms with E-state index in [-0.39, 0.29) is 23.5 Å². The molecule has 1 fully saturated rings. The topological polar surface area (TPSA) is 58.6 Å². The zero-order valence-electron chi connectivity index (χ0n) is 16.2. The molecule has 1 amide bonds. The van der Waals surface area contributed by atoms with Crippen molar-refractivity contribution in [1.29, 1.82) is 0 Å². The van der Waals surface area contributed by atoms with Crippen LogP contribution in [0.4, 0.5) is 9.18 Å². The second kappa shape index (κ2) is 6.75. The first-order valence-corrected chi connectivity index (χ1v) is 9.61. The molecule has 5 heteroatoms. The quantitative estimate of drug-likeness (QED) is 0.752. The van der Waals surface area contributed by atoms with Crippen molar-refractivity contribution in [2.75, 3.05) is 0 Å². The van der Waals surface area contributed by atoms with Gasteiger partial charge in [-0.15, -0.1) is 0 Å². The van der Waals surface area contributed by atoms with E-state index in [4.69, 9.17) is 4.74 Å². The van der Waals surface area contributed by atoms with Crippen molar-refractivity contribution < 1.29 is 19.0 Å². The van der Waals surface area contributed by atoms with Crippen LogP contribution in [-0.2, 0) is 16.6 Å². The Kier molecular flexibility index (Phi) is 4.93. The van der Waals surface area contributed by atoms with Gasteiger partial charge in [-0.25, -0.2) is 9.18 Å². The summed E-state index contributed by atoms with van der Waals surface area (Å²) >= 11 is 0. The van der Waals surface area contributed by atoms with Gasteiger partial charge in [-0.2, -0.15) is 0 Å². The number of ether oxygens (including phenoxy) is 1. The summed E-state index contributed by atoms with van der Waals surface area (Å²) in [5, 5.41) is 13.1. The van der Waals surface area contributed by atoms with Crippen LogP contribution in [-0.4, -0.2) is 22.8 Å². The third-order valence-corrected chi connectivity index (χ3v) is 5.86. The summed E-state index contributed by atoms with van der Waals surface area (Å²) in [6.45, 7) is 7.62. The van der Waals surface area contributed by atoms with E-state index in [2.05, 4.69) is 12.2 Å². The van der Waals surface area contributed by atoms with Crippen LogP contribution in [0.5, 0.6) is 5.75 Å². The van der Waals surface area contributed by atoms with E-state index in [1.54, 1.807) is 6.07 Å². The summed E-state index contributed by atoms with van der Waals surface area (Å²) < 4.78 is 20.1. The number of fused-ring (bicyclic) bond motifs is 4. The molecule has 2 aliphatic rings. The molecule has 0 aliphatic heterocycles. The van der Waals surface area contributed by atoms with E-state index < -0.39 is 17.1 Å². The Labute approximate surface area is 155 Å². The van der Waals surface area contributed by atoms with Crippen molar-refractivity contribution in [2.24, 2.45) is 5.92 Å². The normalized spacial score (nSPS) is 28.5. The molecule has 0 radical (unpaired) electrons. The van der Waals surface area contributed by atoms with Crippen molar-refractivity contribution in [3.8, 4) is 5.75 Å². The third-order valence-electron chi connectivity index (χ3n) is 5.86. The zero-order valence-corrected chi connectivity index (χ0v) is 16.2. The minimum Gasteiger partial charge on any atom is -0.508 e. The van der Waals surface area contributed by atoms with Gasteiger partial charge in [-0.3, -0.25) is 0 Å². The number of benzene rings is 1. The van der Waals surface area contributed by atoms with E-state index in [9.17, 15) is 14.3 Å². The fourth-order valence-electron chi connectivity index (χ4n) is 4.75. The highest BCUT2D eigenvalue weighted by Gasteiger charge is 2.47. The SMILES string of the molecule is CC(C)(C)OC(=O)N[C@H]1C2CCCCC[C@]1(C)c1cc(O)cc(F)c1C2. The Morgan fingerprint density at radius 2 is 2.04 bits per heavy atom. The lowest BCUT2D eigenvalue weighted by Crippen LogP contribution is -2.57. The Bertz CT molecular complexity index is 697. The highest BCUT2D eigenvalue weighted by molar-refractivity contribution is 5.69. The summed E-state index contributed by atoms with van der Waals surface area (Å²) in [6, 6.07) is 2.75. The molecule has 1 aromatic rings. The molecule has 2 bridgehead atoms. The van der Waals surface area contributed by atoms with E-state index in [1.807, 2.05) is 20.8 Å². The monoisotopic (exact) mass is 363 g/mol. The van der Waals surface area contributed by atoms with Gasteiger partial charge in [0.05, 0.1) is 0 Å². The molecule has 0 heterocycles. The zero-order chi connectivity index (χ0) is 19.1. The predicted octanol–water partition coefficient (Wildman–Crippen LogP) is 4.82. The predicted molar refractivity (Wildman–Crippen MR) is 98.9 cm³/mol. The summed E-state index contributed by atoms with van der Waals surface area (Å²) in [5.41, 5.74) is 0.535. The average molecular weight is 363 g/mol. The second-order valence-corrected chi connectivity index (χ2v) is 9.06. The maximum atomic E-state index is 14.6. The van der Waals surface area contributed by atoms with Crippen LogP contribution in [0.1, 0.15) is 70.9 Å². The standard InChI is InChI=1S/C21H30FNO3/c1-20(2,3)26-19(25)23-18-13-8-6-5-7-9-21(18,4)16-11-14(24)12-17(22)15(16)10-13/h11-13,18,24H,5-10H2,1-4H3,(H,23,25)/t13?,18-,21+/m0/s1. The molecule has 144 valence electrons. The number of phenolic OH excluding ortho intramolecular Hbond substituents is 1. The number of hydrogen-bond acceptors (Lipinski definition) is 3. The van der Waals surface area contributed by atoms with Crippen LogP contribution in [0.15, 0.2) is 12.1 Å². The number of nitrogens with one attached hydrogen (secondary N) is 1. The lowest BCUT2D eigenvalue weighted by Gasteiger charge is -2.49. The second-order valence-electron chi connectivity index (χ2n) is 9.06. The first-order valence-electron chi connectivity index (χ1n) is 9.61. The molecule has 26 heavy (non-hydrogen) atoms. The fourth-order valence-corrected chi connectivity index (χ4v) is 4.75. The van der Waals surface area contributed by atoms with Crippen molar-refractivity contribution in [2.45, 2.75) is 83.3 Å². The third kappa shape index (κ3) is 3.67. The number of alkyl carbamates (subject to hydrolysis) is 1. The van der Waals surface area contributed by atoms with Crippen LogP contribution < -0.4 is 5.32 Å². The first kappa shape index (κ1) is 19.0. The molecule has 2 N–H and O–H groups in total. The summed E-state index contributed by atoms with van der Waals surface area (Å²) in [4.78, 5) is 12.5. The van der Waals surface area contributed by atoms with Gasteiger partial charge in [-0.05, 0) is 63.1 Å². The molecule has 0 saturated heterocycles. The van der Waals surface area contributed by atoms with Gasteiger partial charge >= 0.3 is 6.09 Å². The van der Waals surface area contributed by atoms with Gasteiger partial charge in [0.25, 0.3) is 0 Å². The van der Waals surface area contributed by atoms with Crippen LogP contribution in [0.3, 0.4) is 0 Å². The van der Waals surface area contributed by atoms with E-state index in [0.29, 0.717) is 12.0 Å². The first-order chi connectivity index (χ1) is 12.1. The molecular formula is C21H30FNO3. The number of rotatable bonds is 1. The van der Waals surface area contributed by atoms with Crippen molar-refractivity contribution >= 4 is 6.09 Å². The number of aromatic hydroxyl groups is 1.